The summed E-state index contributed by atoms with van der Waals surface area (Å²) in [6.45, 7) is 6.64. The van der Waals surface area contributed by atoms with Crippen molar-refractivity contribution in [2.45, 2.75) is 72.2 Å². The lowest BCUT2D eigenvalue weighted by Gasteiger charge is -2.22. The van der Waals surface area contributed by atoms with Crippen LogP contribution in [0.25, 0.3) is 45.1 Å². The van der Waals surface area contributed by atoms with Crippen LogP contribution in [-0.2, 0) is 17.9 Å². The van der Waals surface area contributed by atoms with Crippen LogP contribution in [0.3, 0.4) is 0 Å². The monoisotopic (exact) mass is 656 g/mol. The molecule has 0 spiro atoms. The van der Waals surface area contributed by atoms with Gasteiger partial charge in [-0.2, -0.15) is 8.78 Å². The average molecular weight is 657 g/mol. The van der Waals surface area contributed by atoms with Gasteiger partial charge in [0.2, 0.25) is 11.8 Å². The van der Waals surface area contributed by atoms with Crippen molar-refractivity contribution in [2.75, 3.05) is 19.6 Å². The minimum Gasteiger partial charge on any atom is -0.480 e. The topological polar surface area (TPSA) is 105 Å². The van der Waals surface area contributed by atoms with Crippen molar-refractivity contribution in [1.82, 2.24) is 19.8 Å². The Morgan fingerprint density at radius 2 is 1.54 bits per heavy atom. The fourth-order valence-electron chi connectivity index (χ4n) is 7.11. The van der Waals surface area contributed by atoms with Gasteiger partial charge in [-0.05, 0) is 107 Å². The SMILES string of the molecule is Cc1nc(-c2cccc(-c3cccc(-c4nc5cc(CN6CCC[C@H]6C(=O)O)c(OC(F)F)cc5o4)c3C)c2C)oc1CN1CCCC1. The van der Waals surface area contributed by atoms with Gasteiger partial charge in [-0.1, -0.05) is 24.3 Å². The number of ether oxygens (including phenoxy) is 1. The zero-order valence-electron chi connectivity index (χ0n) is 27.3. The number of hydrogen-bond acceptors (Lipinski definition) is 8. The minimum absolute atomic E-state index is 0.0560. The number of alkyl halides is 2. The third-order valence-corrected chi connectivity index (χ3v) is 9.69. The number of aliphatic carboxylic acids is 1. The number of oxazole rings is 2. The maximum atomic E-state index is 13.4. The number of rotatable bonds is 10. The molecule has 7 rings (SSSR count). The molecule has 48 heavy (non-hydrogen) atoms. The summed E-state index contributed by atoms with van der Waals surface area (Å²) in [7, 11) is 0. The first-order valence-corrected chi connectivity index (χ1v) is 16.4. The Labute approximate surface area is 277 Å². The molecule has 3 aromatic carbocycles. The van der Waals surface area contributed by atoms with Crippen molar-refractivity contribution in [2.24, 2.45) is 0 Å². The van der Waals surface area contributed by atoms with E-state index in [-0.39, 0.29) is 12.3 Å². The Hall–Kier alpha value is -4.61. The Morgan fingerprint density at radius 1 is 0.896 bits per heavy atom. The van der Waals surface area contributed by atoms with Crippen LogP contribution in [0.4, 0.5) is 8.78 Å². The molecule has 0 radical (unpaired) electrons. The second-order valence-electron chi connectivity index (χ2n) is 12.8. The van der Waals surface area contributed by atoms with Gasteiger partial charge in [0.05, 0.1) is 12.2 Å². The van der Waals surface area contributed by atoms with Crippen molar-refractivity contribution in [1.29, 1.82) is 0 Å². The predicted molar refractivity (Wildman–Crippen MR) is 177 cm³/mol. The zero-order chi connectivity index (χ0) is 33.5. The second kappa shape index (κ2) is 13.1. The predicted octanol–water partition coefficient (Wildman–Crippen LogP) is 7.99. The molecule has 0 bridgehead atoms. The Balaban J connectivity index is 1.22. The third-order valence-electron chi connectivity index (χ3n) is 9.69. The van der Waals surface area contributed by atoms with Crippen LogP contribution in [-0.4, -0.2) is 63.1 Å². The summed E-state index contributed by atoms with van der Waals surface area (Å²) in [6, 6.07) is 14.4. The van der Waals surface area contributed by atoms with Crippen LogP contribution in [0.1, 0.15) is 53.8 Å². The quantitative estimate of drug-likeness (QED) is 0.160. The van der Waals surface area contributed by atoms with Gasteiger partial charge in [-0.15, -0.1) is 0 Å². The van der Waals surface area contributed by atoms with Gasteiger partial charge in [0.25, 0.3) is 0 Å². The smallest absolute Gasteiger partial charge is 0.387 e. The van der Waals surface area contributed by atoms with Crippen molar-refractivity contribution in [3.8, 4) is 39.8 Å². The van der Waals surface area contributed by atoms with E-state index in [1.807, 2.05) is 38.1 Å². The lowest BCUT2D eigenvalue weighted by Crippen LogP contribution is -2.35. The molecule has 2 aliphatic heterocycles. The molecule has 0 unspecified atom stereocenters. The molecule has 0 amide bonds. The number of benzene rings is 3. The van der Waals surface area contributed by atoms with E-state index >= 15 is 0 Å². The molecule has 2 fully saturated rings. The second-order valence-corrected chi connectivity index (χ2v) is 12.8. The van der Waals surface area contributed by atoms with E-state index in [9.17, 15) is 18.7 Å². The molecule has 2 saturated heterocycles. The molecule has 11 heteroatoms. The molecular formula is C37H38F2N4O5. The number of hydrogen-bond donors (Lipinski definition) is 1. The first-order chi connectivity index (χ1) is 23.2. The fraction of sp³-hybridized carbons (Fsp3) is 0.378. The normalized spacial score (nSPS) is 17.2. The third kappa shape index (κ3) is 6.20. The Morgan fingerprint density at radius 3 is 2.19 bits per heavy atom. The summed E-state index contributed by atoms with van der Waals surface area (Å²) in [5.41, 5.74) is 7.78. The van der Waals surface area contributed by atoms with Crippen LogP contribution in [0.2, 0.25) is 0 Å². The highest BCUT2D eigenvalue weighted by atomic mass is 19.3. The number of halogens is 2. The summed E-state index contributed by atoms with van der Waals surface area (Å²) < 4.78 is 44.2. The summed E-state index contributed by atoms with van der Waals surface area (Å²) in [5, 5.41) is 9.63. The van der Waals surface area contributed by atoms with Crippen LogP contribution in [0.5, 0.6) is 5.75 Å². The van der Waals surface area contributed by atoms with Gasteiger partial charge in [0, 0.05) is 29.3 Å². The number of aryl methyl sites for hydroxylation is 1. The van der Waals surface area contributed by atoms with Crippen molar-refractivity contribution < 1.29 is 32.3 Å². The van der Waals surface area contributed by atoms with Crippen LogP contribution in [0.15, 0.2) is 57.4 Å². The number of carbonyl (C=O) groups is 1. The van der Waals surface area contributed by atoms with Gasteiger partial charge < -0.3 is 18.7 Å². The number of nitrogens with zero attached hydrogens (tertiary/aromatic N) is 4. The highest BCUT2D eigenvalue weighted by Gasteiger charge is 2.31. The molecule has 250 valence electrons. The van der Waals surface area contributed by atoms with Gasteiger partial charge in [0.15, 0.2) is 5.58 Å². The van der Waals surface area contributed by atoms with E-state index < -0.39 is 18.6 Å². The number of carboxylic acid groups (broad SMARTS) is 1. The first kappa shape index (κ1) is 32.0. The van der Waals surface area contributed by atoms with Gasteiger partial charge >= 0.3 is 12.6 Å². The zero-order valence-corrected chi connectivity index (χ0v) is 27.3. The van der Waals surface area contributed by atoms with Gasteiger partial charge in [-0.25, -0.2) is 9.97 Å². The summed E-state index contributed by atoms with van der Waals surface area (Å²) in [4.78, 5) is 25.5. The molecular weight excluding hydrogens is 618 g/mol. The van der Waals surface area contributed by atoms with Crippen LogP contribution in [0, 0.1) is 20.8 Å². The van der Waals surface area contributed by atoms with E-state index in [1.165, 1.54) is 18.9 Å². The van der Waals surface area contributed by atoms with Crippen molar-refractivity contribution >= 4 is 17.1 Å². The van der Waals surface area contributed by atoms with Crippen molar-refractivity contribution in [3.05, 3.63) is 76.7 Å². The number of aromatic nitrogens is 2. The maximum absolute atomic E-state index is 13.4. The Kier molecular flexibility index (Phi) is 8.74. The number of likely N-dealkylation sites (tertiary alicyclic amines) is 2. The van der Waals surface area contributed by atoms with E-state index in [4.69, 9.17) is 23.5 Å². The first-order valence-electron chi connectivity index (χ1n) is 16.4. The maximum Gasteiger partial charge on any atom is 0.387 e. The highest BCUT2D eigenvalue weighted by Crippen LogP contribution is 2.39. The highest BCUT2D eigenvalue weighted by molar-refractivity contribution is 5.84. The van der Waals surface area contributed by atoms with Gasteiger partial charge in [0.1, 0.15) is 23.1 Å². The molecule has 5 aromatic rings. The summed E-state index contributed by atoms with van der Waals surface area (Å²) >= 11 is 0. The summed E-state index contributed by atoms with van der Waals surface area (Å²) in [6.07, 6.45) is 3.65. The lowest BCUT2D eigenvalue weighted by atomic mass is 9.91. The lowest BCUT2D eigenvalue weighted by molar-refractivity contribution is -0.142. The largest absolute Gasteiger partial charge is 0.480 e. The van der Waals surface area contributed by atoms with Crippen LogP contribution < -0.4 is 4.74 Å². The summed E-state index contributed by atoms with van der Waals surface area (Å²) in [5.74, 6) is 0.869. The van der Waals surface area contributed by atoms with E-state index in [0.29, 0.717) is 47.8 Å². The molecule has 2 aromatic heterocycles. The van der Waals surface area contributed by atoms with E-state index in [0.717, 1.165) is 64.5 Å². The molecule has 1 N–H and O–H groups in total. The number of fused-ring (bicyclic) bond motifs is 1. The molecule has 0 aliphatic carbocycles. The van der Waals surface area contributed by atoms with Crippen LogP contribution >= 0.6 is 0 Å². The van der Waals surface area contributed by atoms with Gasteiger partial charge in [-0.3, -0.25) is 14.6 Å². The van der Waals surface area contributed by atoms with E-state index in [1.54, 1.807) is 11.0 Å². The fourth-order valence-corrected chi connectivity index (χ4v) is 7.11. The van der Waals surface area contributed by atoms with Crippen molar-refractivity contribution in [3.63, 3.8) is 0 Å². The minimum atomic E-state index is -3.05. The van der Waals surface area contributed by atoms with E-state index in [2.05, 4.69) is 24.0 Å². The molecule has 0 saturated carbocycles. The molecule has 9 nitrogen and oxygen atoms in total. The molecule has 2 aliphatic rings. The molecule has 1 atom stereocenters. The standard InChI is InChI=1S/C37H38F2N4O5/c1-21-25(9-6-11-27(21)34-40-23(3)33(47-34)20-42-14-4-5-15-42)26-10-7-12-28(22(26)2)35-41-29-17-24(19-43-16-8-13-30(43)36(44)45)31(48-37(38)39)18-32(29)46-35/h6-7,9-12,17-18,30,37H,4-5,8,13-16,19-20H2,1-3H3,(H,44,45)/t30-/m0/s1. The Bertz CT molecular complexity index is 1980. The average Bonchev–Trinajstić information content (AvgIpc) is 3.86. The number of carboxylic acids is 1. The molecule has 4 heterocycles.